The average molecular weight is 1460 g/mol. The smallest absolute Gasteiger partial charge is 0.232 e. The Bertz CT molecular complexity index is 2580. The van der Waals surface area contributed by atoms with Gasteiger partial charge in [0.2, 0.25) is 65.0 Å². The highest BCUT2D eigenvalue weighted by Crippen LogP contribution is 2.33. The zero-order chi connectivity index (χ0) is 80.4. The molecule has 11 amide bonds. The van der Waals surface area contributed by atoms with Gasteiger partial charge in [0.15, 0.2) is 0 Å². The predicted molar refractivity (Wildman–Crippen MR) is 382 cm³/mol. The Balaban J connectivity index is 0. The summed E-state index contributed by atoms with van der Waals surface area (Å²) in [5.41, 5.74) is 0. The van der Waals surface area contributed by atoms with Crippen molar-refractivity contribution in [2.24, 2.45) is 47.3 Å². The fourth-order valence-corrected chi connectivity index (χ4v) is 11.6. The Morgan fingerprint density at radius 2 is 0.676 bits per heavy atom. The van der Waals surface area contributed by atoms with E-state index in [1.165, 1.54) is 46.3 Å². The van der Waals surface area contributed by atoms with E-state index in [1.807, 2.05) is 20.8 Å². The normalized spacial score (nSPS) is 21.7. The lowest BCUT2D eigenvalue weighted by atomic mass is 9.79. The summed E-state index contributed by atoms with van der Waals surface area (Å²) < 4.78 is 65.6. The molecule has 6 rings (SSSR count). The van der Waals surface area contributed by atoms with Gasteiger partial charge in [-0.2, -0.15) is 0 Å². The molecule has 2 aliphatic carbocycles. The largest absolute Gasteiger partial charge is 0.379 e. The highest BCUT2D eigenvalue weighted by Gasteiger charge is 2.40. The predicted octanol–water partition coefficient (Wildman–Crippen LogP) is 5.51. The molecule has 0 bridgehead atoms. The highest BCUT2D eigenvalue weighted by atomic mass is 16.6. The van der Waals surface area contributed by atoms with Gasteiger partial charge in [-0.3, -0.25) is 86.7 Å². The van der Waals surface area contributed by atoms with Crippen LogP contribution in [0.25, 0.3) is 0 Å². The van der Waals surface area contributed by atoms with Crippen molar-refractivity contribution in [3.8, 4) is 0 Å². The van der Waals surface area contributed by atoms with E-state index in [-0.39, 0.29) is 151 Å². The van der Waals surface area contributed by atoms with Gasteiger partial charge < -0.3 is 53.8 Å². The van der Waals surface area contributed by atoms with Gasteiger partial charge in [0, 0.05) is 145 Å². The van der Waals surface area contributed by atoms with Crippen molar-refractivity contribution in [2.75, 3.05) is 152 Å². The lowest BCUT2D eigenvalue weighted by Crippen LogP contribution is -2.36. The molecule has 4 aliphatic heterocycles. The van der Waals surface area contributed by atoms with Gasteiger partial charge >= 0.3 is 0 Å². The lowest BCUT2D eigenvalue weighted by molar-refractivity contribution is -0.141. The Kier molecular flexibility index (Phi) is 49.4. The summed E-state index contributed by atoms with van der Waals surface area (Å²) in [5.74, 6) is -0.394. The van der Waals surface area contributed by atoms with Gasteiger partial charge in [-0.15, -0.1) is 0 Å². The van der Waals surface area contributed by atoms with Gasteiger partial charge in [-0.05, 0) is 77.0 Å². The second-order valence-electron chi connectivity index (χ2n) is 25.7. The highest BCUT2D eigenvalue weighted by molar-refractivity contribution is 6.05. The number of imide groups is 4. The summed E-state index contributed by atoms with van der Waals surface area (Å²) in [6, 6.07) is 0. The summed E-state index contributed by atoms with van der Waals surface area (Å²) in [4.78, 5) is 167. The van der Waals surface area contributed by atoms with Crippen LogP contribution in [0.3, 0.4) is 0 Å². The van der Waals surface area contributed by atoms with Crippen LogP contribution in [-0.4, -0.2) is 254 Å². The van der Waals surface area contributed by atoms with Crippen LogP contribution >= 0.6 is 0 Å². The van der Waals surface area contributed by atoms with Crippen LogP contribution < -0.4 is 16.0 Å². The van der Waals surface area contributed by atoms with E-state index >= 15 is 0 Å². The molecule has 0 aromatic heterocycles. The molecular weight excluding hydrogens is 1330 g/mol. The number of likely N-dealkylation sites (tertiary alicyclic amines) is 4. The van der Waals surface area contributed by atoms with Gasteiger partial charge in [-0.1, -0.05) is 64.2 Å². The fraction of sp³-hybridized carbons (Fsp3) is 0.808. The molecule has 4 atom stereocenters. The van der Waals surface area contributed by atoms with Crippen LogP contribution in [0.5, 0.6) is 0 Å². The lowest BCUT2D eigenvalue weighted by Gasteiger charge is -2.29. The Hall–Kier alpha value is -6.34. The molecule has 6 fully saturated rings. The summed E-state index contributed by atoms with van der Waals surface area (Å²) >= 11 is 0. The molecule has 6 aliphatic rings. The fourth-order valence-electron chi connectivity index (χ4n) is 11.6. The number of hydrogen-bond acceptors (Lipinski definition) is 22. The van der Waals surface area contributed by atoms with E-state index in [0.29, 0.717) is 182 Å². The van der Waals surface area contributed by atoms with Gasteiger partial charge in [0.25, 0.3) is 0 Å². The molecule has 4 saturated heterocycles. The minimum absolute atomic E-state index is 0.0169. The molecular formula is C73H129N7O22. The molecule has 0 aromatic rings. The second kappa shape index (κ2) is 56.1. The molecule has 0 radical (unpaired) electrons. The van der Waals surface area contributed by atoms with E-state index < -0.39 is 0 Å². The number of Topliss-reactive ketones (excluding diaryl/α,β-unsaturated/α-hetero) is 3. The first kappa shape index (κ1) is 89.9. The Labute approximate surface area is 612 Å². The molecule has 3 N–H and O–H groups in total. The van der Waals surface area contributed by atoms with Crippen LogP contribution in [-0.2, 0) is 105 Å². The topological polar surface area (TPSA) is 362 Å². The zero-order valence-corrected chi connectivity index (χ0v) is 63.5. The third kappa shape index (κ3) is 39.0. The van der Waals surface area contributed by atoms with E-state index in [9.17, 15) is 67.1 Å². The van der Waals surface area contributed by atoms with Crippen molar-refractivity contribution in [3.05, 3.63) is 0 Å². The first-order valence-electron chi connectivity index (χ1n) is 39.1. The van der Waals surface area contributed by atoms with Gasteiger partial charge in [0.05, 0.1) is 106 Å². The third-order valence-corrected chi connectivity index (χ3v) is 17.7. The first-order chi connectivity index (χ1) is 50.9. The van der Waals surface area contributed by atoms with Crippen molar-refractivity contribution in [3.63, 3.8) is 0 Å². The standard InChI is InChI=1S/C20H35N3O8.C20H34N2O8.C15H23NO3.C14H21NO3.4CH4/c1-16-15-19(26)23(20(16)27)6-3-18(25)22-5-8-29-10-12-31-14-13-30-11-9-28-7-4-17(24)21-2;1-16-15-19(25)22(20(16)26)6-3-18(24)21-5-8-28-10-12-30-14-13-29-11-9-27-7-4-17(2)23;1-3-13(17)12-6-4-11(5-7-12)9-16-14(18)8-10(2)15(16)19;1-9-7-13(17)15(14(9)18)8-11-3-5-12(6-4-11)10(2)16;;;;/h16H,3-15H2,1-2H3,(H,21,24)(H,22,25);16H,3-15H2,1-2H3,(H,21,24);10-12H,3-9H2,1-2H3;9,11-12H,3-8H2,1-2H3;4*1H4/i;;;;4*1D. The maximum Gasteiger partial charge on any atom is 0.232 e. The molecule has 4 heterocycles. The number of ether oxygens (including phenoxy) is 8. The van der Waals surface area contributed by atoms with Gasteiger partial charge in [-0.25, -0.2) is 0 Å². The van der Waals surface area contributed by atoms with Crippen LogP contribution in [0.4, 0.5) is 0 Å². The minimum atomic E-state index is -0.293. The average Bonchev–Trinajstić information content (AvgIpc) is 1.69. The number of carbonyl (C=O) groups excluding carboxylic acids is 14. The van der Waals surface area contributed by atoms with Crippen LogP contribution in [0.2, 0.25) is 0 Å². The number of rotatable bonds is 43. The monoisotopic (exact) mass is 1460 g/mol. The second-order valence-corrected chi connectivity index (χ2v) is 25.7. The summed E-state index contributed by atoms with van der Waals surface area (Å²) in [6.45, 7) is 20.9. The van der Waals surface area contributed by atoms with Crippen molar-refractivity contribution in [1.82, 2.24) is 35.6 Å². The van der Waals surface area contributed by atoms with Crippen molar-refractivity contribution >= 4 is 82.3 Å². The molecule has 0 spiro atoms. The summed E-state index contributed by atoms with van der Waals surface area (Å²) in [7, 11) is 6.59. The molecule has 2 saturated carbocycles. The van der Waals surface area contributed by atoms with E-state index in [2.05, 4.69) is 16.0 Å². The maximum atomic E-state index is 11.9. The number of nitrogens with one attached hydrogen (secondary N) is 3. The van der Waals surface area contributed by atoms with Crippen molar-refractivity contribution in [1.29, 1.82) is 0 Å². The SMILES string of the molecule is CC(=O)C1CCC(CN2C(=O)CC(C)C2=O)CC1.CC(=O)CCOCCOCCOCCOCCNC(=O)CCN1C(=O)CC(C)C1=O.CCC(=O)C1CCC(CN2C(=O)CC(C)C2=O)CC1.CNC(=O)CCOCCOCCOCCOCCNC(=O)CCN1C(=O)CC(C)C1=O.[2H]C.[2H]C.[2H]C.[2H]C. The molecule has 4 unspecified atom stereocenters. The summed E-state index contributed by atoms with van der Waals surface area (Å²) in [5, 5.41) is 7.90. The number of carbonyl (C=O) groups is 14. The van der Waals surface area contributed by atoms with E-state index in [4.69, 9.17) is 43.4 Å². The number of hydrogen-bond donors (Lipinski definition) is 3. The number of ketones is 3. The van der Waals surface area contributed by atoms with Crippen LogP contribution in [0.15, 0.2) is 0 Å². The number of amides is 11. The molecule has 29 heteroatoms. The molecule has 0 aromatic carbocycles. The first-order valence-corrected chi connectivity index (χ1v) is 35.1. The number of nitrogens with zero attached hydrogens (tertiary/aromatic N) is 4. The molecule has 29 nitrogen and oxygen atoms in total. The Morgan fingerprint density at radius 1 is 0.392 bits per heavy atom. The van der Waals surface area contributed by atoms with E-state index in [0.717, 1.165) is 61.2 Å². The van der Waals surface area contributed by atoms with E-state index in [1.54, 1.807) is 27.8 Å². The van der Waals surface area contributed by atoms with Crippen LogP contribution in [0, 0.1) is 47.3 Å². The maximum absolute atomic E-state index is 11.9. The Morgan fingerprint density at radius 3 is 0.951 bits per heavy atom. The van der Waals surface area contributed by atoms with Gasteiger partial charge in [0.1, 0.15) is 17.3 Å². The third-order valence-electron chi connectivity index (χ3n) is 17.7. The quantitative estimate of drug-likeness (QED) is 0.0500. The van der Waals surface area contributed by atoms with Crippen molar-refractivity contribution < 1.29 is 111 Å². The van der Waals surface area contributed by atoms with Crippen molar-refractivity contribution in [2.45, 2.75) is 187 Å². The summed E-state index contributed by atoms with van der Waals surface area (Å²) in [6.07, 6.45) is 10.2. The van der Waals surface area contributed by atoms with Crippen LogP contribution in [0.1, 0.15) is 193 Å². The molecule has 102 heavy (non-hydrogen) atoms. The minimum Gasteiger partial charge on any atom is -0.379 e. The zero-order valence-electron chi connectivity index (χ0n) is 67.5. The molecule has 588 valence electrons.